The molecule has 0 saturated carbocycles. The Kier molecular flexibility index (Phi) is 3.24. The van der Waals surface area contributed by atoms with Gasteiger partial charge in [-0.25, -0.2) is 4.79 Å². The van der Waals surface area contributed by atoms with Gasteiger partial charge in [0.1, 0.15) is 12.2 Å². The summed E-state index contributed by atoms with van der Waals surface area (Å²) >= 11 is 0. The Morgan fingerprint density at radius 2 is 2.06 bits per heavy atom. The van der Waals surface area contributed by atoms with E-state index in [9.17, 15) is 24.9 Å². The van der Waals surface area contributed by atoms with Crippen LogP contribution in [0.2, 0.25) is 0 Å². The van der Waals surface area contributed by atoms with Gasteiger partial charge in [0.2, 0.25) is 0 Å². The second kappa shape index (κ2) is 4.56. The summed E-state index contributed by atoms with van der Waals surface area (Å²) in [5, 5.41) is 28.7. The van der Waals surface area contributed by atoms with Crippen molar-refractivity contribution in [3.8, 4) is 5.75 Å². The number of nitrogens with zero attached hydrogens (tertiary/aromatic N) is 1. The highest BCUT2D eigenvalue weighted by molar-refractivity contribution is 5.10. The molecule has 100 valence electrons. The van der Waals surface area contributed by atoms with Crippen LogP contribution in [-0.4, -0.2) is 43.2 Å². The standard InChI is InChI=1S/C10H14N2O6/c1-2-5-6(14)7(15)9(18-5)12-3-4(13)8(16)11-10(12)17/h3,5-7,9,13-15H,2H2,1H3,(H,11,16,17). The molecule has 2 heterocycles. The van der Waals surface area contributed by atoms with Gasteiger partial charge in [0.25, 0.3) is 5.56 Å². The monoisotopic (exact) mass is 258 g/mol. The highest BCUT2D eigenvalue weighted by Crippen LogP contribution is 2.29. The van der Waals surface area contributed by atoms with Crippen molar-refractivity contribution in [1.29, 1.82) is 0 Å². The molecule has 0 spiro atoms. The molecule has 18 heavy (non-hydrogen) atoms. The number of hydrogen-bond acceptors (Lipinski definition) is 6. The molecule has 1 fully saturated rings. The van der Waals surface area contributed by atoms with Crippen LogP contribution in [0.1, 0.15) is 19.6 Å². The molecule has 2 rings (SSSR count). The number of aromatic nitrogens is 2. The molecule has 1 saturated heterocycles. The third-order valence-corrected chi connectivity index (χ3v) is 2.96. The van der Waals surface area contributed by atoms with Crippen molar-refractivity contribution in [3.05, 3.63) is 27.0 Å². The van der Waals surface area contributed by atoms with Gasteiger partial charge in [0, 0.05) is 0 Å². The van der Waals surface area contributed by atoms with Gasteiger partial charge < -0.3 is 20.1 Å². The van der Waals surface area contributed by atoms with Gasteiger partial charge in [-0.2, -0.15) is 0 Å². The number of aliphatic hydroxyl groups is 2. The van der Waals surface area contributed by atoms with E-state index in [0.29, 0.717) is 6.42 Å². The summed E-state index contributed by atoms with van der Waals surface area (Å²) in [4.78, 5) is 24.4. The number of hydrogen-bond donors (Lipinski definition) is 4. The number of aliphatic hydroxyl groups excluding tert-OH is 2. The van der Waals surface area contributed by atoms with Crippen LogP contribution in [0, 0.1) is 0 Å². The van der Waals surface area contributed by atoms with Gasteiger partial charge in [-0.15, -0.1) is 0 Å². The quantitative estimate of drug-likeness (QED) is 0.499. The van der Waals surface area contributed by atoms with Crippen molar-refractivity contribution >= 4 is 0 Å². The third-order valence-electron chi connectivity index (χ3n) is 2.96. The highest BCUT2D eigenvalue weighted by atomic mass is 16.6. The van der Waals surface area contributed by atoms with Gasteiger partial charge in [0.05, 0.1) is 12.3 Å². The third kappa shape index (κ3) is 1.94. The summed E-state index contributed by atoms with van der Waals surface area (Å²) in [6.45, 7) is 1.76. The lowest BCUT2D eigenvalue weighted by atomic mass is 10.1. The second-order valence-corrected chi connectivity index (χ2v) is 4.14. The summed E-state index contributed by atoms with van der Waals surface area (Å²) in [7, 11) is 0. The predicted octanol–water partition coefficient (Wildman–Crippen LogP) is -1.73. The lowest BCUT2D eigenvalue weighted by molar-refractivity contribution is -0.0408. The molecule has 4 atom stereocenters. The van der Waals surface area contributed by atoms with E-state index in [1.165, 1.54) is 0 Å². The largest absolute Gasteiger partial charge is 0.502 e. The Bertz CT molecular complexity index is 550. The predicted molar refractivity (Wildman–Crippen MR) is 59.2 cm³/mol. The lowest BCUT2D eigenvalue weighted by Crippen LogP contribution is -2.37. The molecule has 0 bridgehead atoms. The van der Waals surface area contributed by atoms with Gasteiger partial charge >= 0.3 is 5.69 Å². The first kappa shape index (κ1) is 12.8. The zero-order valence-electron chi connectivity index (χ0n) is 9.61. The molecular formula is C10H14N2O6. The van der Waals surface area contributed by atoms with Gasteiger partial charge in [-0.3, -0.25) is 14.3 Å². The van der Waals surface area contributed by atoms with E-state index >= 15 is 0 Å². The zero-order valence-corrected chi connectivity index (χ0v) is 9.61. The first-order valence-electron chi connectivity index (χ1n) is 5.51. The fraction of sp³-hybridized carbons (Fsp3) is 0.600. The minimum atomic E-state index is -1.31. The van der Waals surface area contributed by atoms with E-state index < -0.39 is 41.5 Å². The average molecular weight is 258 g/mol. The Morgan fingerprint density at radius 3 is 2.61 bits per heavy atom. The van der Waals surface area contributed by atoms with Crippen LogP contribution in [0.5, 0.6) is 5.75 Å². The van der Waals surface area contributed by atoms with E-state index in [4.69, 9.17) is 4.74 Å². The minimum Gasteiger partial charge on any atom is -0.502 e. The maximum Gasteiger partial charge on any atom is 0.330 e. The number of ether oxygens (including phenoxy) is 1. The smallest absolute Gasteiger partial charge is 0.330 e. The molecule has 1 aliphatic heterocycles. The zero-order chi connectivity index (χ0) is 13.4. The Labute approximate surface area is 101 Å². The number of H-pyrrole nitrogens is 1. The van der Waals surface area contributed by atoms with Crippen LogP contribution >= 0.6 is 0 Å². The van der Waals surface area contributed by atoms with Crippen LogP contribution in [0.4, 0.5) is 0 Å². The fourth-order valence-electron chi connectivity index (χ4n) is 1.96. The number of rotatable bonds is 2. The van der Waals surface area contributed by atoms with Crippen molar-refractivity contribution in [2.24, 2.45) is 0 Å². The molecule has 0 radical (unpaired) electrons. The number of nitrogens with one attached hydrogen (secondary N) is 1. The molecule has 8 nitrogen and oxygen atoms in total. The molecule has 0 aliphatic carbocycles. The van der Waals surface area contributed by atoms with Crippen molar-refractivity contribution < 1.29 is 20.1 Å². The minimum absolute atomic E-state index is 0.457. The molecule has 1 aromatic rings. The highest BCUT2D eigenvalue weighted by Gasteiger charge is 2.43. The first-order chi connectivity index (χ1) is 8.45. The Morgan fingerprint density at radius 1 is 1.39 bits per heavy atom. The molecule has 1 aromatic heterocycles. The van der Waals surface area contributed by atoms with E-state index in [1.807, 2.05) is 4.98 Å². The number of aromatic amines is 1. The SMILES string of the molecule is CCC1OC(n2cc(O)c(=O)[nH]c2=O)C(O)C1O. The van der Waals surface area contributed by atoms with Crippen molar-refractivity contribution in [2.45, 2.75) is 37.9 Å². The van der Waals surface area contributed by atoms with E-state index in [1.54, 1.807) is 6.92 Å². The first-order valence-corrected chi connectivity index (χ1v) is 5.51. The molecule has 4 N–H and O–H groups in total. The number of aromatic hydroxyl groups is 1. The van der Waals surface area contributed by atoms with Crippen LogP contribution < -0.4 is 11.2 Å². The molecule has 4 unspecified atom stereocenters. The summed E-state index contributed by atoms with van der Waals surface area (Å²) in [5.41, 5.74) is -1.75. The molecule has 0 amide bonds. The maximum absolute atomic E-state index is 11.6. The van der Waals surface area contributed by atoms with Gasteiger partial charge in [-0.05, 0) is 6.42 Å². The summed E-state index contributed by atoms with van der Waals surface area (Å²) in [5.74, 6) is -0.667. The topological polar surface area (TPSA) is 125 Å². The molecular weight excluding hydrogens is 244 g/mol. The van der Waals surface area contributed by atoms with Crippen molar-refractivity contribution in [2.75, 3.05) is 0 Å². The molecule has 8 heteroatoms. The summed E-state index contributed by atoms with van der Waals surface area (Å²) in [6, 6.07) is 0. The maximum atomic E-state index is 11.6. The van der Waals surface area contributed by atoms with Crippen LogP contribution in [-0.2, 0) is 4.74 Å². The van der Waals surface area contributed by atoms with E-state index in [0.717, 1.165) is 10.8 Å². The normalized spacial score (nSPS) is 31.7. The average Bonchev–Trinajstić information content (AvgIpc) is 2.61. The van der Waals surface area contributed by atoms with Crippen molar-refractivity contribution in [3.63, 3.8) is 0 Å². The van der Waals surface area contributed by atoms with Crippen LogP contribution in [0.15, 0.2) is 15.8 Å². The van der Waals surface area contributed by atoms with Gasteiger partial charge in [-0.1, -0.05) is 6.92 Å². The summed E-state index contributed by atoms with van der Waals surface area (Å²) < 4.78 is 6.17. The molecule has 1 aliphatic rings. The van der Waals surface area contributed by atoms with Gasteiger partial charge in [0.15, 0.2) is 12.0 Å². The van der Waals surface area contributed by atoms with E-state index in [2.05, 4.69) is 0 Å². The fourth-order valence-corrected chi connectivity index (χ4v) is 1.96. The summed E-state index contributed by atoms with van der Waals surface area (Å²) in [6.07, 6.45) is -2.84. The van der Waals surface area contributed by atoms with Crippen molar-refractivity contribution in [1.82, 2.24) is 9.55 Å². The molecule has 0 aromatic carbocycles. The second-order valence-electron chi connectivity index (χ2n) is 4.14. The lowest BCUT2D eigenvalue weighted by Gasteiger charge is -2.16. The Hall–Kier alpha value is -1.64. The Balaban J connectivity index is 2.42. The van der Waals surface area contributed by atoms with Crippen LogP contribution in [0.3, 0.4) is 0 Å². The van der Waals surface area contributed by atoms with E-state index in [-0.39, 0.29) is 0 Å². The van der Waals surface area contributed by atoms with Crippen LogP contribution in [0.25, 0.3) is 0 Å².